The van der Waals surface area contributed by atoms with E-state index in [9.17, 15) is 5.11 Å². The average Bonchev–Trinajstić information content (AvgIpc) is 2.17. The van der Waals surface area contributed by atoms with Crippen LogP contribution in [0.4, 0.5) is 0 Å². The highest BCUT2D eigenvalue weighted by Gasteiger charge is 2.16. The molecule has 3 heteroatoms. The number of nitrogens with zero attached hydrogens (tertiary/aromatic N) is 1. The van der Waals surface area contributed by atoms with E-state index in [0.29, 0.717) is 18.3 Å². The van der Waals surface area contributed by atoms with E-state index in [1.807, 2.05) is 13.1 Å². The van der Waals surface area contributed by atoms with Gasteiger partial charge in [-0.05, 0) is 12.8 Å². The molecule has 1 heterocycles. The summed E-state index contributed by atoms with van der Waals surface area (Å²) in [5, 5.41) is 9.69. The number of aryl methyl sites for hydroxylation is 1. The summed E-state index contributed by atoms with van der Waals surface area (Å²) in [5.74, 6) is 1.28. The molecular weight excluding hydrogens is 190 g/mol. The molecule has 0 aliphatic rings. The predicted octanol–water partition coefficient (Wildman–Crippen LogP) is 2.04. The lowest BCUT2D eigenvalue weighted by Gasteiger charge is -2.11. The molecule has 0 fully saturated rings. The molecule has 0 saturated carbocycles. The highest BCUT2D eigenvalue weighted by molar-refractivity contribution is 5.38. The smallest absolute Gasteiger partial charge is 0.228 e. The van der Waals surface area contributed by atoms with Gasteiger partial charge in [0.2, 0.25) is 11.4 Å². The minimum absolute atomic E-state index is 0.220. The zero-order valence-electron chi connectivity index (χ0n) is 9.95. The van der Waals surface area contributed by atoms with Gasteiger partial charge in [-0.15, -0.1) is 0 Å². The first-order valence-electron chi connectivity index (χ1n) is 5.41. The molecule has 0 bridgehead atoms. The monoisotopic (exact) mass is 210 g/mol. The van der Waals surface area contributed by atoms with Gasteiger partial charge in [-0.1, -0.05) is 13.8 Å². The third-order valence-corrected chi connectivity index (χ3v) is 2.31. The summed E-state index contributed by atoms with van der Waals surface area (Å²) in [6.07, 6.45) is 1.87. The lowest BCUT2D eigenvalue weighted by molar-refractivity contribution is -0.699. The first kappa shape index (κ1) is 11.8. The van der Waals surface area contributed by atoms with Gasteiger partial charge in [-0.2, -0.15) is 4.57 Å². The molecule has 1 aromatic rings. The molecule has 84 valence electrons. The Morgan fingerprint density at radius 3 is 2.67 bits per heavy atom. The zero-order valence-corrected chi connectivity index (χ0v) is 9.95. The van der Waals surface area contributed by atoms with E-state index in [2.05, 4.69) is 25.3 Å². The number of rotatable bonds is 4. The minimum Gasteiger partial charge on any atom is -0.504 e. The van der Waals surface area contributed by atoms with E-state index >= 15 is 0 Å². The SMILES string of the molecule is CC[n+]1ccc(O)c(OCC(C)C)c1C. The molecule has 0 aromatic carbocycles. The lowest BCUT2D eigenvalue weighted by atomic mass is 10.2. The van der Waals surface area contributed by atoms with Crippen LogP contribution in [-0.2, 0) is 6.54 Å². The maximum Gasteiger partial charge on any atom is 0.228 e. The predicted molar refractivity (Wildman–Crippen MR) is 59.0 cm³/mol. The van der Waals surface area contributed by atoms with Crippen LogP contribution in [0.25, 0.3) is 0 Å². The fraction of sp³-hybridized carbons (Fsp3) is 0.583. The van der Waals surface area contributed by atoms with Crippen LogP contribution in [-0.4, -0.2) is 11.7 Å². The lowest BCUT2D eigenvalue weighted by Crippen LogP contribution is -2.35. The number of hydrogen-bond acceptors (Lipinski definition) is 2. The Morgan fingerprint density at radius 1 is 1.47 bits per heavy atom. The quantitative estimate of drug-likeness (QED) is 0.771. The first-order valence-corrected chi connectivity index (χ1v) is 5.41. The van der Waals surface area contributed by atoms with Crippen molar-refractivity contribution in [2.45, 2.75) is 34.2 Å². The van der Waals surface area contributed by atoms with Crippen molar-refractivity contribution in [1.82, 2.24) is 0 Å². The normalized spacial score (nSPS) is 10.7. The van der Waals surface area contributed by atoms with Gasteiger partial charge in [0.1, 0.15) is 6.54 Å². The summed E-state index contributed by atoms with van der Waals surface area (Å²) in [7, 11) is 0. The van der Waals surface area contributed by atoms with Crippen LogP contribution < -0.4 is 9.30 Å². The van der Waals surface area contributed by atoms with Crippen molar-refractivity contribution in [2.24, 2.45) is 5.92 Å². The van der Waals surface area contributed by atoms with Gasteiger partial charge in [0.25, 0.3) is 0 Å². The maximum absolute atomic E-state index is 9.69. The molecule has 0 saturated heterocycles. The van der Waals surface area contributed by atoms with Crippen LogP contribution in [0.5, 0.6) is 11.5 Å². The van der Waals surface area contributed by atoms with Crippen LogP contribution in [0, 0.1) is 12.8 Å². The summed E-state index contributed by atoms with van der Waals surface area (Å²) in [5.41, 5.74) is 0.971. The van der Waals surface area contributed by atoms with E-state index < -0.39 is 0 Å². The number of ether oxygens (including phenoxy) is 1. The summed E-state index contributed by atoms with van der Waals surface area (Å²) in [4.78, 5) is 0. The van der Waals surface area contributed by atoms with Crippen LogP contribution in [0.15, 0.2) is 12.3 Å². The molecule has 0 spiro atoms. The van der Waals surface area contributed by atoms with Gasteiger partial charge in [0, 0.05) is 13.0 Å². The van der Waals surface area contributed by atoms with E-state index in [1.54, 1.807) is 6.07 Å². The van der Waals surface area contributed by atoms with Gasteiger partial charge in [-0.3, -0.25) is 0 Å². The Morgan fingerprint density at radius 2 is 2.13 bits per heavy atom. The van der Waals surface area contributed by atoms with E-state index in [0.717, 1.165) is 12.2 Å². The molecule has 3 nitrogen and oxygen atoms in total. The van der Waals surface area contributed by atoms with Gasteiger partial charge in [0.15, 0.2) is 11.9 Å². The highest BCUT2D eigenvalue weighted by Crippen LogP contribution is 2.27. The van der Waals surface area contributed by atoms with Crippen molar-refractivity contribution in [3.63, 3.8) is 0 Å². The van der Waals surface area contributed by atoms with Gasteiger partial charge >= 0.3 is 0 Å². The topological polar surface area (TPSA) is 33.3 Å². The molecule has 1 rings (SSSR count). The van der Waals surface area contributed by atoms with Crippen molar-refractivity contribution >= 4 is 0 Å². The Hall–Kier alpha value is -1.25. The molecule has 0 amide bonds. The molecule has 0 atom stereocenters. The average molecular weight is 210 g/mol. The van der Waals surface area contributed by atoms with E-state index in [-0.39, 0.29) is 5.75 Å². The van der Waals surface area contributed by atoms with Crippen LogP contribution in [0.2, 0.25) is 0 Å². The highest BCUT2D eigenvalue weighted by atomic mass is 16.5. The standard InChI is InChI=1S/C12H19NO2/c1-5-13-7-6-11(14)12(10(13)4)15-8-9(2)3/h6-7,9H,5,8H2,1-4H3/p+1. The Labute approximate surface area is 91.3 Å². The molecule has 1 aromatic heterocycles. The second kappa shape index (κ2) is 5.01. The van der Waals surface area contributed by atoms with Gasteiger partial charge in [-0.25, -0.2) is 0 Å². The second-order valence-corrected chi connectivity index (χ2v) is 4.11. The summed E-state index contributed by atoms with van der Waals surface area (Å²) in [6.45, 7) is 9.70. The van der Waals surface area contributed by atoms with Crippen LogP contribution >= 0.6 is 0 Å². The third-order valence-electron chi connectivity index (χ3n) is 2.31. The second-order valence-electron chi connectivity index (χ2n) is 4.11. The third kappa shape index (κ3) is 2.85. The van der Waals surface area contributed by atoms with Crippen molar-refractivity contribution < 1.29 is 14.4 Å². The van der Waals surface area contributed by atoms with Crippen molar-refractivity contribution in [3.8, 4) is 11.5 Å². The summed E-state index contributed by atoms with van der Waals surface area (Å²) in [6, 6.07) is 1.67. The van der Waals surface area contributed by atoms with Crippen molar-refractivity contribution in [2.75, 3.05) is 6.61 Å². The Kier molecular flexibility index (Phi) is 3.95. The molecular formula is C12H20NO2+. The molecule has 0 unspecified atom stereocenters. The van der Waals surface area contributed by atoms with Gasteiger partial charge < -0.3 is 9.84 Å². The minimum atomic E-state index is 0.220. The Balaban J connectivity index is 2.94. The maximum atomic E-state index is 9.69. The number of hydrogen-bond donors (Lipinski definition) is 1. The number of aromatic nitrogens is 1. The van der Waals surface area contributed by atoms with E-state index in [1.165, 1.54) is 0 Å². The number of aromatic hydroxyl groups is 1. The van der Waals surface area contributed by atoms with Crippen LogP contribution in [0.1, 0.15) is 26.5 Å². The molecule has 0 aliphatic carbocycles. The molecule has 0 radical (unpaired) electrons. The fourth-order valence-corrected chi connectivity index (χ4v) is 1.43. The van der Waals surface area contributed by atoms with Gasteiger partial charge in [0.05, 0.1) is 6.61 Å². The van der Waals surface area contributed by atoms with Crippen molar-refractivity contribution in [3.05, 3.63) is 18.0 Å². The van der Waals surface area contributed by atoms with Crippen molar-refractivity contribution in [1.29, 1.82) is 0 Å². The largest absolute Gasteiger partial charge is 0.504 e. The summed E-state index contributed by atoms with van der Waals surface area (Å²) >= 11 is 0. The summed E-state index contributed by atoms with van der Waals surface area (Å²) < 4.78 is 7.65. The first-order chi connectivity index (χ1) is 7.06. The van der Waals surface area contributed by atoms with E-state index in [4.69, 9.17) is 4.74 Å². The molecule has 15 heavy (non-hydrogen) atoms. The Bertz CT molecular complexity index is 335. The molecule has 0 aliphatic heterocycles. The van der Waals surface area contributed by atoms with Crippen LogP contribution in [0.3, 0.4) is 0 Å². The number of pyridine rings is 1. The molecule has 1 N–H and O–H groups in total. The zero-order chi connectivity index (χ0) is 11.4. The fourth-order valence-electron chi connectivity index (χ4n) is 1.43.